The van der Waals surface area contributed by atoms with E-state index >= 15 is 0 Å². The van der Waals surface area contributed by atoms with Gasteiger partial charge in [-0.3, -0.25) is 19.9 Å². The molecule has 0 aliphatic rings. The SMILES string of the molecule is O=C(CC(c1cccc(Cl)c1)c1c[nH]c2ccc([N+](=O)[O-])cc12)NCCc1ccccn1. The Morgan fingerprint density at radius 1 is 1.16 bits per heavy atom. The number of benzene rings is 2. The highest BCUT2D eigenvalue weighted by Crippen LogP contribution is 2.35. The number of amides is 1. The second-order valence-corrected chi connectivity index (χ2v) is 7.90. The van der Waals surface area contributed by atoms with E-state index < -0.39 is 4.92 Å². The van der Waals surface area contributed by atoms with Gasteiger partial charge in [0, 0.05) is 71.5 Å². The molecule has 0 fully saturated rings. The fourth-order valence-corrected chi connectivity index (χ4v) is 4.00. The second kappa shape index (κ2) is 9.62. The highest BCUT2D eigenvalue weighted by atomic mass is 35.5. The predicted octanol–water partition coefficient (Wildman–Crippen LogP) is 5.01. The first-order valence-electron chi connectivity index (χ1n) is 10.2. The molecule has 1 atom stereocenters. The van der Waals surface area contributed by atoms with Gasteiger partial charge in [-0.2, -0.15) is 0 Å². The average molecular weight is 449 g/mol. The molecule has 32 heavy (non-hydrogen) atoms. The van der Waals surface area contributed by atoms with Gasteiger partial charge < -0.3 is 10.3 Å². The van der Waals surface area contributed by atoms with Gasteiger partial charge in [0.1, 0.15) is 0 Å². The number of nitrogens with one attached hydrogen (secondary N) is 2. The van der Waals surface area contributed by atoms with Crippen molar-refractivity contribution >= 4 is 34.1 Å². The van der Waals surface area contributed by atoms with E-state index in [0.717, 1.165) is 22.3 Å². The quantitative estimate of drug-likeness (QED) is 0.292. The molecular formula is C24H21ClN4O3. The fourth-order valence-electron chi connectivity index (χ4n) is 3.80. The summed E-state index contributed by atoms with van der Waals surface area (Å²) in [6.45, 7) is 0.470. The van der Waals surface area contributed by atoms with Crippen molar-refractivity contribution in [3.05, 3.63) is 105 Å². The van der Waals surface area contributed by atoms with Crippen LogP contribution in [0.1, 0.15) is 29.2 Å². The summed E-state index contributed by atoms with van der Waals surface area (Å²) in [5.74, 6) is -0.440. The van der Waals surface area contributed by atoms with E-state index in [1.165, 1.54) is 12.1 Å². The maximum Gasteiger partial charge on any atom is 0.270 e. The Hall–Kier alpha value is -3.71. The molecule has 1 unspecified atom stereocenters. The molecule has 4 aromatic rings. The number of H-pyrrole nitrogens is 1. The van der Waals surface area contributed by atoms with Crippen molar-refractivity contribution in [1.82, 2.24) is 15.3 Å². The van der Waals surface area contributed by atoms with Crippen molar-refractivity contribution in [3.8, 4) is 0 Å². The van der Waals surface area contributed by atoms with Crippen LogP contribution in [0.4, 0.5) is 5.69 Å². The summed E-state index contributed by atoms with van der Waals surface area (Å²) in [7, 11) is 0. The molecule has 0 saturated heterocycles. The van der Waals surface area contributed by atoms with Gasteiger partial charge in [0.15, 0.2) is 0 Å². The van der Waals surface area contributed by atoms with E-state index in [-0.39, 0.29) is 23.9 Å². The van der Waals surface area contributed by atoms with Crippen molar-refractivity contribution < 1.29 is 9.72 Å². The number of nitro groups is 1. The molecule has 2 heterocycles. The maximum absolute atomic E-state index is 12.8. The van der Waals surface area contributed by atoms with Gasteiger partial charge >= 0.3 is 0 Å². The molecule has 1 amide bonds. The number of fused-ring (bicyclic) bond motifs is 1. The largest absolute Gasteiger partial charge is 0.361 e. The van der Waals surface area contributed by atoms with Gasteiger partial charge in [-0.15, -0.1) is 0 Å². The lowest BCUT2D eigenvalue weighted by Crippen LogP contribution is -2.27. The number of rotatable bonds is 8. The van der Waals surface area contributed by atoms with Crippen LogP contribution in [0.3, 0.4) is 0 Å². The third-order valence-corrected chi connectivity index (χ3v) is 5.59. The molecule has 0 saturated carbocycles. The lowest BCUT2D eigenvalue weighted by atomic mass is 9.88. The molecule has 0 spiro atoms. The summed E-state index contributed by atoms with van der Waals surface area (Å²) < 4.78 is 0. The second-order valence-electron chi connectivity index (χ2n) is 7.46. The number of pyridine rings is 1. The van der Waals surface area contributed by atoms with Crippen LogP contribution >= 0.6 is 11.6 Å². The van der Waals surface area contributed by atoms with Crippen LogP contribution in [-0.4, -0.2) is 27.3 Å². The summed E-state index contributed by atoms with van der Waals surface area (Å²) in [4.78, 5) is 31.1. The lowest BCUT2D eigenvalue weighted by molar-refractivity contribution is -0.384. The molecule has 0 aliphatic carbocycles. The van der Waals surface area contributed by atoms with Crippen LogP contribution in [0.15, 0.2) is 73.1 Å². The van der Waals surface area contributed by atoms with Crippen LogP contribution in [0, 0.1) is 10.1 Å². The smallest absolute Gasteiger partial charge is 0.270 e. The van der Waals surface area contributed by atoms with Crippen molar-refractivity contribution in [2.24, 2.45) is 0 Å². The van der Waals surface area contributed by atoms with E-state index in [1.54, 1.807) is 24.5 Å². The Labute approximate surface area is 189 Å². The standard InChI is InChI=1S/C24H21ClN4O3/c25-17-5-3-4-16(12-17)20(14-24(30)27-11-9-18-6-1-2-10-26-18)22-15-28-23-8-7-19(29(31)32)13-21(22)23/h1-8,10,12-13,15,20,28H,9,11,14H2,(H,27,30). The number of nitro benzene ring substituents is 1. The molecule has 0 radical (unpaired) electrons. The highest BCUT2D eigenvalue weighted by molar-refractivity contribution is 6.30. The average Bonchev–Trinajstić information content (AvgIpc) is 3.21. The zero-order chi connectivity index (χ0) is 22.5. The van der Waals surface area contributed by atoms with Crippen molar-refractivity contribution in [3.63, 3.8) is 0 Å². The minimum absolute atomic E-state index is 0.00278. The van der Waals surface area contributed by atoms with Crippen LogP contribution in [-0.2, 0) is 11.2 Å². The van der Waals surface area contributed by atoms with Gasteiger partial charge in [-0.25, -0.2) is 0 Å². The lowest BCUT2D eigenvalue weighted by Gasteiger charge is -2.17. The summed E-state index contributed by atoms with van der Waals surface area (Å²) in [6, 6.07) is 17.7. The number of carbonyl (C=O) groups is 1. The minimum Gasteiger partial charge on any atom is -0.361 e. The Balaban J connectivity index is 1.60. The van der Waals surface area contributed by atoms with Gasteiger partial charge in [-0.1, -0.05) is 29.8 Å². The molecule has 2 N–H and O–H groups in total. The number of aromatic amines is 1. The van der Waals surface area contributed by atoms with E-state index in [4.69, 9.17) is 11.6 Å². The van der Waals surface area contributed by atoms with Gasteiger partial charge in [0.05, 0.1) is 4.92 Å². The number of halogens is 1. The number of carbonyl (C=O) groups excluding carboxylic acids is 1. The molecule has 4 rings (SSSR count). The zero-order valence-electron chi connectivity index (χ0n) is 17.1. The normalized spacial score (nSPS) is 11.9. The zero-order valence-corrected chi connectivity index (χ0v) is 17.9. The molecule has 0 aliphatic heterocycles. The van der Waals surface area contributed by atoms with Gasteiger partial charge in [0.2, 0.25) is 5.91 Å². The number of non-ortho nitro benzene ring substituents is 1. The van der Waals surface area contributed by atoms with E-state index in [1.807, 2.05) is 36.4 Å². The molecule has 2 aromatic carbocycles. The first-order chi connectivity index (χ1) is 15.5. The van der Waals surface area contributed by atoms with E-state index in [2.05, 4.69) is 15.3 Å². The summed E-state index contributed by atoms with van der Waals surface area (Å²) in [5, 5.41) is 15.5. The van der Waals surface area contributed by atoms with E-state index in [9.17, 15) is 14.9 Å². The third kappa shape index (κ3) is 4.95. The summed E-state index contributed by atoms with van der Waals surface area (Å²) >= 11 is 6.22. The summed E-state index contributed by atoms with van der Waals surface area (Å²) in [6.07, 6.45) is 4.34. The molecule has 162 valence electrons. The van der Waals surface area contributed by atoms with Crippen LogP contribution < -0.4 is 5.32 Å². The first kappa shape index (κ1) is 21.5. The highest BCUT2D eigenvalue weighted by Gasteiger charge is 2.23. The fraction of sp³-hybridized carbons (Fsp3) is 0.167. The Morgan fingerprint density at radius 2 is 2.03 bits per heavy atom. The number of hydrogen-bond donors (Lipinski definition) is 2. The van der Waals surface area contributed by atoms with E-state index in [0.29, 0.717) is 23.4 Å². The molecule has 2 aromatic heterocycles. The third-order valence-electron chi connectivity index (χ3n) is 5.35. The maximum atomic E-state index is 12.8. The summed E-state index contributed by atoms with van der Waals surface area (Å²) in [5.41, 5.74) is 3.36. The van der Waals surface area contributed by atoms with Crippen LogP contribution in [0.5, 0.6) is 0 Å². The van der Waals surface area contributed by atoms with Crippen molar-refractivity contribution in [1.29, 1.82) is 0 Å². The van der Waals surface area contributed by atoms with Gasteiger partial charge in [0.25, 0.3) is 5.69 Å². The number of hydrogen-bond acceptors (Lipinski definition) is 4. The molecule has 0 bridgehead atoms. The monoisotopic (exact) mass is 448 g/mol. The molecule has 7 nitrogen and oxygen atoms in total. The Morgan fingerprint density at radius 3 is 2.78 bits per heavy atom. The Bertz CT molecular complexity index is 1260. The first-order valence-corrected chi connectivity index (χ1v) is 10.6. The van der Waals surface area contributed by atoms with Gasteiger partial charge in [-0.05, 0) is 41.5 Å². The number of nitrogens with zero attached hydrogens (tertiary/aromatic N) is 2. The topological polar surface area (TPSA) is 101 Å². The predicted molar refractivity (Wildman–Crippen MR) is 124 cm³/mol. The van der Waals surface area contributed by atoms with Crippen molar-refractivity contribution in [2.45, 2.75) is 18.8 Å². The minimum atomic E-state index is -0.422. The number of aromatic nitrogens is 2. The van der Waals surface area contributed by atoms with Crippen LogP contribution in [0.2, 0.25) is 5.02 Å². The van der Waals surface area contributed by atoms with Crippen molar-refractivity contribution in [2.75, 3.05) is 6.54 Å². The molecular weight excluding hydrogens is 428 g/mol. The van der Waals surface area contributed by atoms with Crippen LogP contribution in [0.25, 0.3) is 10.9 Å². The Kier molecular flexibility index (Phi) is 6.47. The molecule has 8 heteroatoms.